The van der Waals surface area contributed by atoms with Crippen LogP contribution in [0.25, 0.3) is 0 Å². The molecular formula is C12H13Cl2NO3. The third-order valence-electron chi connectivity index (χ3n) is 2.63. The lowest BCUT2D eigenvalue weighted by atomic mass is 10.3. The van der Waals surface area contributed by atoms with Gasteiger partial charge in [-0.05, 0) is 12.1 Å². The van der Waals surface area contributed by atoms with E-state index in [9.17, 15) is 4.79 Å². The summed E-state index contributed by atoms with van der Waals surface area (Å²) >= 11 is 11.8. The topological polar surface area (TPSA) is 38.8 Å². The van der Waals surface area contributed by atoms with Crippen LogP contribution in [0.5, 0.6) is 5.75 Å². The molecule has 1 heterocycles. The molecule has 0 radical (unpaired) electrons. The molecule has 1 aromatic rings. The third kappa shape index (κ3) is 3.28. The predicted octanol–water partition coefficient (Wildman–Crippen LogP) is 2.23. The molecule has 1 saturated heterocycles. The van der Waals surface area contributed by atoms with E-state index in [2.05, 4.69) is 0 Å². The molecule has 1 aliphatic heterocycles. The van der Waals surface area contributed by atoms with Crippen LogP contribution in [0.3, 0.4) is 0 Å². The van der Waals surface area contributed by atoms with Crippen molar-refractivity contribution < 1.29 is 14.3 Å². The number of rotatable bonds is 3. The van der Waals surface area contributed by atoms with Crippen molar-refractivity contribution in [3.63, 3.8) is 0 Å². The first-order valence-electron chi connectivity index (χ1n) is 5.61. The highest BCUT2D eigenvalue weighted by molar-refractivity contribution is 6.42. The molecule has 0 spiro atoms. The largest absolute Gasteiger partial charge is 0.482 e. The summed E-state index contributed by atoms with van der Waals surface area (Å²) in [4.78, 5) is 13.5. The van der Waals surface area contributed by atoms with Crippen molar-refractivity contribution in [3.05, 3.63) is 28.2 Å². The minimum atomic E-state index is -0.0747. The van der Waals surface area contributed by atoms with Crippen molar-refractivity contribution in [1.29, 1.82) is 0 Å². The molecule has 1 aliphatic rings. The van der Waals surface area contributed by atoms with Gasteiger partial charge in [0, 0.05) is 13.1 Å². The van der Waals surface area contributed by atoms with Gasteiger partial charge in [0.05, 0.1) is 18.2 Å². The number of morpholine rings is 1. The summed E-state index contributed by atoms with van der Waals surface area (Å²) in [6.45, 7) is 2.31. The van der Waals surface area contributed by atoms with Crippen LogP contribution in [0, 0.1) is 0 Å². The van der Waals surface area contributed by atoms with E-state index in [-0.39, 0.29) is 12.5 Å². The number of benzene rings is 1. The van der Waals surface area contributed by atoms with E-state index in [1.807, 2.05) is 0 Å². The smallest absolute Gasteiger partial charge is 0.260 e. The summed E-state index contributed by atoms with van der Waals surface area (Å²) in [6.07, 6.45) is 0. The van der Waals surface area contributed by atoms with E-state index < -0.39 is 0 Å². The summed E-state index contributed by atoms with van der Waals surface area (Å²) in [5.41, 5.74) is 0. The molecule has 18 heavy (non-hydrogen) atoms. The van der Waals surface area contributed by atoms with Gasteiger partial charge in [0.1, 0.15) is 10.8 Å². The van der Waals surface area contributed by atoms with Crippen molar-refractivity contribution in [2.75, 3.05) is 32.9 Å². The zero-order valence-corrected chi connectivity index (χ0v) is 11.2. The third-order valence-corrected chi connectivity index (χ3v) is 3.43. The van der Waals surface area contributed by atoms with Gasteiger partial charge in [-0.2, -0.15) is 0 Å². The van der Waals surface area contributed by atoms with E-state index in [1.165, 1.54) is 0 Å². The Hall–Kier alpha value is -0.970. The van der Waals surface area contributed by atoms with Gasteiger partial charge in [-0.15, -0.1) is 0 Å². The fourth-order valence-electron chi connectivity index (χ4n) is 1.64. The first-order valence-corrected chi connectivity index (χ1v) is 6.36. The fourth-order valence-corrected chi connectivity index (χ4v) is 1.99. The first kappa shape index (κ1) is 13.5. The van der Waals surface area contributed by atoms with E-state index in [0.717, 1.165) is 0 Å². The average molecular weight is 290 g/mol. The van der Waals surface area contributed by atoms with Gasteiger partial charge in [0.15, 0.2) is 6.61 Å². The molecule has 0 aromatic heterocycles. The van der Waals surface area contributed by atoms with Crippen LogP contribution < -0.4 is 4.74 Å². The molecule has 1 aromatic carbocycles. The Morgan fingerprint density at radius 3 is 2.78 bits per heavy atom. The SMILES string of the molecule is O=C(COc1cccc(Cl)c1Cl)N1CCOCC1. The van der Waals surface area contributed by atoms with Gasteiger partial charge in [-0.1, -0.05) is 29.3 Å². The van der Waals surface area contributed by atoms with Gasteiger partial charge in [0.25, 0.3) is 5.91 Å². The highest BCUT2D eigenvalue weighted by Gasteiger charge is 2.17. The number of carbonyl (C=O) groups is 1. The highest BCUT2D eigenvalue weighted by atomic mass is 35.5. The minimum Gasteiger partial charge on any atom is -0.482 e. The van der Waals surface area contributed by atoms with Crippen LogP contribution in [0.15, 0.2) is 18.2 Å². The Morgan fingerprint density at radius 2 is 2.06 bits per heavy atom. The molecule has 0 N–H and O–H groups in total. The number of ether oxygens (including phenoxy) is 2. The van der Waals surface area contributed by atoms with E-state index >= 15 is 0 Å². The van der Waals surface area contributed by atoms with Gasteiger partial charge in [-0.3, -0.25) is 4.79 Å². The molecule has 0 bridgehead atoms. The van der Waals surface area contributed by atoms with Crippen LogP contribution in [0.1, 0.15) is 0 Å². The van der Waals surface area contributed by atoms with Crippen LogP contribution in [0.4, 0.5) is 0 Å². The van der Waals surface area contributed by atoms with Crippen LogP contribution in [0.2, 0.25) is 10.0 Å². The summed E-state index contributed by atoms with van der Waals surface area (Å²) in [5.74, 6) is 0.347. The standard InChI is InChI=1S/C12H13Cl2NO3/c13-9-2-1-3-10(12(9)14)18-8-11(16)15-4-6-17-7-5-15/h1-3H,4-8H2. The van der Waals surface area contributed by atoms with E-state index in [1.54, 1.807) is 23.1 Å². The monoisotopic (exact) mass is 289 g/mol. The molecule has 4 nitrogen and oxygen atoms in total. The van der Waals surface area contributed by atoms with Crippen molar-refractivity contribution in [3.8, 4) is 5.75 Å². The zero-order chi connectivity index (χ0) is 13.0. The van der Waals surface area contributed by atoms with Crippen LogP contribution in [-0.4, -0.2) is 43.7 Å². The maximum absolute atomic E-state index is 11.8. The normalized spacial score (nSPS) is 15.6. The lowest BCUT2D eigenvalue weighted by Gasteiger charge is -2.26. The number of hydrogen-bond donors (Lipinski definition) is 0. The van der Waals surface area contributed by atoms with Gasteiger partial charge in [-0.25, -0.2) is 0 Å². The molecule has 0 unspecified atom stereocenters. The van der Waals surface area contributed by atoms with Crippen LogP contribution in [-0.2, 0) is 9.53 Å². The maximum Gasteiger partial charge on any atom is 0.260 e. The predicted molar refractivity (Wildman–Crippen MR) is 69.4 cm³/mol. The fraction of sp³-hybridized carbons (Fsp3) is 0.417. The lowest BCUT2D eigenvalue weighted by molar-refractivity contribution is -0.137. The number of nitrogens with zero attached hydrogens (tertiary/aromatic N) is 1. The quantitative estimate of drug-likeness (QED) is 0.857. The van der Waals surface area contributed by atoms with E-state index in [0.29, 0.717) is 42.1 Å². The maximum atomic E-state index is 11.8. The Labute approximate surface area is 115 Å². The van der Waals surface area contributed by atoms with Crippen LogP contribution >= 0.6 is 23.2 Å². The van der Waals surface area contributed by atoms with Gasteiger partial charge >= 0.3 is 0 Å². The number of hydrogen-bond acceptors (Lipinski definition) is 3. The second kappa shape index (κ2) is 6.27. The Bertz CT molecular complexity index is 433. The van der Waals surface area contributed by atoms with Gasteiger partial charge < -0.3 is 14.4 Å². The second-order valence-corrected chi connectivity index (χ2v) is 4.62. The summed E-state index contributed by atoms with van der Waals surface area (Å²) < 4.78 is 10.6. The van der Waals surface area contributed by atoms with Gasteiger partial charge in [0.2, 0.25) is 0 Å². The molecule has 1 fully saturated rings. The minimum absolute atomic E-state index is 0.0416. The molecule has 0 atom stereocenters. The molecule has 2 rings (SSSR count). The van der Waals surface area contributed by atoms with E-state index in [4.69, 9.17) is 32.7 Å². The second-order valence-electron chi connectivity index (χ2n) is 3.83. The molecule has 98 valence electrons. The van der Waals surface area contributed by atoms with Crippen molar-refractivity contribution in [2.45, 2.75) is 0 Å². The number of halogens is 2. The van der Waals surface area contributed by atoms with Crippen molar-refractivity contribution >= 4 is 29.1 Å². The summed E-state index contributed by atoms with van der Waals surface area (Å²) in [7, 11) is 0. The Kier molecular flexibility index (Phi) is 4.69. The first-order chi connectivity index (χ1) is 8.68. The Morgan fingerprint density at radius 1 is 1.33 bits per heavy atom. The summed E-state index contributed by atoms with van der Waals surface area (Å²) in [5, 5.41) is 0.738. The Balaban J connectivity index is 1.90. The highest BCUT2D eigenvalue weighted by Crippen LogP contribution is 2.31. The molecule has 1 amide bonds. The molecule has 0 saturated carbocycles. The molecular weight excluding hydrogens is 277 g/mol. The number of carbonyl (C=O) groups excluding carboxylic acids is 1. The summed E-state index contributed by atoms with van der Waals surface area (Å²) in [6, 6.07) is 5.07. The molecule has 0 aliphatic carbocycles. The van der Waals surface area contributed by atoms with Crippen molar-refractivity contribution in [1.82, 2.24) is 4.90 Å². The van der Waals surface area contributed by atoms with Crippen molar-refractivity contribution in [2.24, 2.45) is 0 Å². The zero-order valence-electron chi connectivity index (χ0n) is 9.70. The average Bonchev–Trinajstić information content (AvgIpc) is 2.41. The lowest BCUT2D eigenvalue weighted by Crippen LogP contribution is -2.43. The molecule has 6 heteroatoms. The number of amides is 1.